The fourth-order valence-corrected chi connectivity index (χ4v) is 5.62. The first-order valence-corrected chi connectivity index (χ1v) is 11.4. The fourth-order valence-electron chi connectivity index (χ4n) is 5.62. The molecule has 1 unspecified atom stereocenters. The van der Waals surface area contributed by atoms with Gasteiger partial charge in [-0.1, -0.05) is 6.92 Å². The predicted molar refractivity (Wildman–Crippen MR) is 115 cm³/mol. The predicted octanol–water partition coefficient (Wildman–Crippen LogP) is 4.37. The molecule has 2 saturated carbocycles. The molecule has 3 N–H and O–H groups in total. The molecule has 174 valence electrons. The quantitative estimate of drug-likeness (QED) is 0.565. The van der Waals surface area contributed by atoms with Crippen molar-refractivity contribution in [1.82, 2.24) is 25.1 Å². The molecule has 33 heavy (non-hydrogen) atoms. The minimum atomic E-state index is -4.73. The third-order valence-corrected chi connectivity index (χ3v) is 7.28. The topological polar surface area (TPSA) is 81.7 Å². The second-order valence-corrected chi connectivity index (χ2v) is 9.42. The number of aromatic nitrogens is 4. The Balaban J connectivity index is 1.64. The van der Waals surface area contributed by atoms with Gasteiger partial charge in [0.15, 0.2) is 5.82 Å². The van der Waals surface area contributed by atoms with Crippen LogP contribution in [0, 0.1) is 24.6 Å². The molecule has 3 aromatic rings. The molecule has 3 aromatic heterocycles. The summed E-state index contributed by atoms with van der Waals surface area (Å²) in [5.74, 6) is 0.317. The van der Waals surface area contributed by atoms with E-state index in [-0.39, 0.29) is 40.2 Å². The average Bonchev–Trinajstić information content (AvgIpc) is 3.61. The van der Waals surface area contributed by atoms with Gasteiger partial charge in [-0.3, -0.25) is 4.68 Å². The van der Waals surface area contributed by atoms with Gasteiger partial charge in [0.25, 0.3) is 0 Å². The maximum Gasteiger partial charge on any atom is 0.418 e. The number of nitrogen functional groups attached to an aromatic ring is 1. The Labute approximate surface area is 187 Å². The van der Waals surface area contributed by atoms with E-state index in [9.17, 15) is 13.2 Å². The molecule has 0 amide bonds. The zero-order valence-corrected chi connectivity index (χ0v) is 18.3. The Morgan fingerprint density at radius 3 is 2.48 bits per heavy atom. The number of pyridine rings is 2. The molecule has 3 aliphatic rings. The summed E-state index contributed by atoms with van der Waals surface area (Å²) >= 11 is 0. The van der Waals surface area contributed by atoms with Crippen LogP contribution >= 0.6 is 0 Å². The van der Waals surface area contributed by atoms with Gasteiger partial charge in [-0.15, -0.1) is 0 Å². The van der Waals surface area contributed by atoms with Gasteiger partial charge in [-0.25, -0.2) is 14.4 Å². The Bertz CT molecular complexity index is 1280. The Morgan fingerprint density at radius 2 is 1.88 bits per heavy atom. The van der Waals surface area contributed by atoms with Crippen LogP contribution in [0.3, 0.4) is 0 Å². The molecule has 4 heterocycles. The van der Waals surface area contributed by atoms with E-state index in [1.54, 1.807) is 4.68 Å². The molecule has 10 heteroatoms. The lowest BCUT2D eigenvalue weighted by molar-refractivity contribution is -0.137. The van der Waals surface area contributed by atoms with E-state index in [1.165, 1.54) is 6.92 Å². The second kappa shape index (κ2) is 6.88. The first kappa shape index (κ1) is 20.8. The third-order valence-electron chi connectivity index (χ3n) is 7.28. The molecule has 1 saturated heterocycles. The molecule has 1 aliphatic heterocycles. The summed E-state index contributed by atoms with van der Waals surface area (Å²) in [5.41, 5.74) is 5.45. The first-order valence-electron chi connectivity index (χ1n) is 11.4. The number of hydrogen-bond donors (Lipinski definition) is 2. The van der Waals surface area contributed by atoms with E-state index in [4.69, 9.17) is 10.8 Å². The van der Waals surface area contributed by atoms with Gasteiger partial charge < -0.3 is 11.1 Å². The zero-order valence-electron chi connectivity index (χ0n) is 18.3. The summed E-state index contributed by atoms with van der Waals surface area (Å²) < 4.78 is 59.8. The highest BCUT2D eigenvalue weighted by atomic mass is 19.4. The highest BCUT2D eigenvalue weighted by molar-refractivity contribution is 5.90. The molecule has 0 spiro atoms. The van der Waals surface area contributed by atoms with E-state index in [1.807, 2.05) is 6.92 Å². The normalized spacial score (nSPS) is 24.5. The van der Waals surface area contributed by atoms with Crippen LogP contribution in [-0.2, 0) is 12.6 Å². The van der Waals surface area contributed by atoms with Crippen molar-refractivity contribution in [3.8, 4) is 11.3 Å². The van der Waals surface area contributed by atoms with Crippen LogP contribution in [0.25, 0.3) is 22.2 Å². The zero-order chi connectivity index (χ0) is 23.2. The summed E-state index contributed by atoms with van der Waals surface area (Å²) in [7, 11) is 0. The fraction of sp³-hybridized carbons (Fsp3) is 0.522. The highest BCUT2D eigenvalue weighted by Crippen LogP contribution is 2.58. The van der Waals surface area contributed by atoms with Gasteiger partial charge in [0.1, 0.15) is 17.0 Å². The van der Waals surface area contributed by atoms with Crippen molar-refractivity contribution in [3.63, 3.8) is 0 Å². The number of nitrogens with zero attached hydrogens (tertiary/aromatic N) is 4. The molecule has 6 nitrogen and oxygen atoms in total. The first-order chi connectivity index (χ1) is 15.7. The van der Waals surface area contributed by atoms with Crippen LogP contribution in [-0.4, -0.2) is 32.8 Å². The van der Waals surface area contributed by atoms with E-state index < -0.39 is 17.6 Å². The van der Waals surface area contributed by atoms with Crippen LogP contribution in [0.15, 0.2) is 6.07 Å². The smallest absolute Gasteiger partial charge is 0.384 e. The van der Waals surface area contributed by atoms with Crippen molar-refractivity contribution < 1.29 is 17.6 Å². The van der Waals surface area contributed by atoms with Crippen molar-refractivity contribution >= 4 is 16.7 Å². The maximum atomic E-state index is 16.2. The van der Waals surface area contributed by atoms with Crippen molar-refractivity contribution in [3.05, 3.63) is 34.5 Å². The van der Waals surface area contributed by atoms with Gasteiger partial charge in [0.2, 0.25) is 0 Å². The van der Waals surface area contributed by atoms with E-state index in [0.717, 1.165) is 37.7 Å². The van der Waals surface area contributed by atoms with Gasteiger partial charge in [-0.2, -0.15) is 18.3 Å². The molecule has 0 aromatic carbocycles. The largest absolute Gasteiger partial charge is 0.418 e. The highest BCUT2D eigenvalue weighted by Gasteiger charge is 2.56. The number of fused-ring (bicyclic) bond motifs is 2. The summed E-state index contributed by atoms with van der Waals surface area (Å²) in [6, 6.07) is 1.14. The number of aryl methyl sites for hydroxylation is 2. The number of halogens is 4. The van der Waals surface area contributed by atoms with Crippen LogP contribution in [0.5, 0.6) is 0 Å². The van der Waals surface area contributed by atoms with E-state index in [2.05, 4.69) is 15.3 Å². The van der Waals surface area contributed by atoms with Crippen molar-refractivity contribution in [2.75, 3.05) is 18.8 Å². The summed E-state index contributed by atoms with van der Waals surface area (Å²) in [4.78, 5) is 8.24. The number of alkyl halides is 3. The Hall–Kier alpha value is -2.75. The second-order valence-electron chi connectivity index (χ2n) is 9.42. The minimum absolute atomic E-state index is 0.0683. The lowest BCUT2D eigenvalue weighted by atomic mass is 9.99. The SMILES string of the molecule is CCc1nc(-c2cc(N)nc(C)c2C(F)(F)F)c(F)c2c1c(C1[C@H]3CNC[C@@H]13)nn2C1CC1. The van der Waals surface area contributed by atoms with Crippen molar-refractivity contribution in [1.29, 1.82) is 0 Å². The molecule has 6 rings (SSSR count). The van der Waals surface area contributed by atoms with Gasteiger partial charge >= 0.3 is 6.18 Å². The monoisotopic (exact) mass is 460 g/mol. The van der Waals surface area contributed by atoms with Gasteiger partial charge in [-0.05, 0) is 57.2 Å². The molecular formula is C23H24F4N6. The molecule has 3 atom stereocenters. The standard InChI is InChI=1S/C23H24F4N6/c1-3-14-17-21(16-12-7-29-8-13(12)16)32-33(10-4-5-10)22(17)19(24)20(31-14)11-6-15(28)30-9(2)18(11)23(25,26)27/h6,10,12-13,16,29H,3-5,7-8H2,1-2H3,(H2,28,30)/t12-,13+,16?. The Morgan fingerprint density at radius 1 is 1.18 bits per heavy atom. The van der Waals surface area contributed by atoms with Crippen LogP contribution in [0.4, 0.5) is 23.4 Å². The van der Waals surface area contributed by atoms with Gasteiger partial charge in [0.05, 0.1) is 28.7 Å². The molecule has 0 bridgehead atoms. The molecular weight excluding hydrogens is 436 g/mol. The maximum absolute atomic E-state index is 16.2. The van der Waals surface area contributed by atoms with E-state index in [0.29, 0.717) is 29.3 Å². The van der Waals surface area contributed by atoms with Crippen LogP contribution in [0.1, 0.15) is 54.4 Å². The Kier molecular flexibility index (Phi) is 4.34. The van der Waals surface area contributed by atoms with Crippen molar-refractivity contribution in [2.45, 2.75) is 51.2 Å². The summed E-state index contributed by atoms with van der Waals surface area (Å²) in [6.45, 7) is 4.93. The molecule has 0 radical (unpaired) electrons. The number of anilines is 1. The van der Waals surface area contributed by atoms with Crippen LogP contribution in [0.2, 0.25) is 0 Å². The summed E-state index contributed by atoms with van der Waals surface area (Å²) in [5, 5.41) is 8.90. The number of rotatable bonds is 4. The average molecular weight is 460 g/mol. The number of nitrogens with one attached hydrogen (secondary N) is 1. The van der Waals surface area contributed by atoms with Crippen molar-refractivity contribution in [2.24, 2.45) is 11.8 Å². The summed E-state index contributed by atoms with van der Waals surface area (Å²) in [6.07, 6.45) is -2.52. The van der Waals surface area contributed by atoms with E-state index >= 15 is 4.39 Å². The molecule has 3 fully saturated rings. The lowest BCUT2D eigenvalue weighted by Gasteiger charge is -2.17. The molecule has 2 aliphatic carbocycles. The lowest BCUT2D eigenvalue weighted by Crippen LogP contribution is -2.14. The minimum Gasteiger partial charge on any atom is -0.384 e. The van der Waals surface area contributed by atoms with Crippen LogP contribution < -0.4 is 11.1 Å². The number of piperidine rings is 1. The third kappa shape index (κ3) is 3.06. The number of nitrogens with two attached hydrogens (primary N) is 1. The van der Waals surface area contributed by atoms with Gasteiger partial charge in [0, 0.05) is 16.9 Å². The number of hydrogen-bond acceptors (Lipinski definition) is 5.